The first-order chi connectivity index (χ1) is 10.3. The van der Waals surface area contributed by atoms with Gasteiger partial charge in [0.1, 0.15) is 0 Å². The molecule has 0 atom stereocenters. The van der Waals surface area contributed by atoms with Crippen molar-refractivity contribution in [2.75, 3.05) is 7.04 Å². The van der Waals surface area contributed by atoms with Gasteiger partial charge in [-0.1, -0.05) is 0 Å². The van der Waals surface area contributed by atoms with E-state index in [0.717, 1.165) is 0 Å². The number of hydrogen-bond donors (Lipinski definition) is 0. The van der Waals surface area contributed by atoms with E-state index >= 15 is 0 Å². The molecule has 18 heavy (non-hydrogen) atoms. The predicted molar refractivity (Wildman–Crippen MR) is 66.5 cm³/mol. The summed E-state index contributed by atoms with van der Waals surface area (Å²) in [5, 5.41) is 0. The number of methoxy groups -OCH3 is 1. The number of aromatic nitrogens is 1. The van der Waals surface area contributed by atoms with Gasteiger partial charge >= 0.3 is 7.12 Å². The van der Waals surface area contributed by atoms with Crippen molar-refractivity contribution >= 4 is 12.6 Å². The van der Waals surface area contributed by atoms with Crippen LogP contribution in [0.4, 0.5) is 4.39 Å². The third kappa shape index (κ3) is 2.22. The summed E-state index contributed by atoms with van der Waals surface area (Å²) >= 11 is 0. The second kappa shape index (κ2) is 4.21. The normalized spacial score (nSPS) is 25.8. The van der Waals surface area contributed by atoms with Gasteiger partial charge in [0.2, 0.25) is 11.8 Å². The van der Waals surface area contributed by atoms with Crippen molar-refractivity contribution < 1.29 is 25.3 Å². The highest BCUT2D eigenvalue weighted by Gasteiger charge is 2.51. The molecule has 0 amide bonds. The van der Waals surface area contributed by atoms with Gasteiger partial charge in [-0.25, -0.2) is 0 Å². The first kappa shape index (κ1) is 8.12. The SMILES string of the molecule is [2H]c1c(F)nc(OC([2H])([2H])[2H])c([2H])c1B1OC(C)(C)C(C)(C)O1. The lowest BCUT2D eigenvalue weighted by molar-refractivity contribution is 0.00578. The largest absolute Gasteiger partial charge is 0.495 e. The van der Waals surface area contributed by atoms with E-state index in [4.69, 9.17) is 16.2 Å². The van der Waals surface area contributed by atoms with E-state index in [1.165, 1.54) is 0 Å². The highest BCUT2D eigenvalue weighted by Crippen LogP contribution is 2.36. The fourth-order valence-electron chi connectivity index (χ4n) is 1.53. The van der Waals surface area contributed by atoms with Gasteiger partial charge in [0.15, 0.2) is 0 Å². The molecule has 0 saturated carbocycles. The molecule has 2 heterocycles. The average molecular weight is 258 g/mol. The highest BCUT2D eigenvalue weighted by molar-refractivity contribution is 6.62. The van der Waals surface area contributed by atoms with Crippen LogP contribution in [0.25, 0.3) is 0 Å². The molecule has 1 aliphatic rings. The summed E-state index contributed by atoms with van der Waals surface area (Å²) < 4.78 is 66.7. The Morgan fingerprint density at radius 2 is 1.94 bits per heavy atom. The molecule has 0 aliphatic carbocycles. The first-order valence-corrected chi connectivity index (χ1v) is 5.46. The molecular weight excluding hydrogens is 236 g/mol. The third-order valence-electron chi connectivity index (χ3n) is 3.26. The Kier molecular flexibility index (Phi) is 1.90. The lowest BCUT2D eigenvalue weighted by Gasteiger charge is -2.32. The van der Waals surface area contributed by atoms with Crippen molar-refractivity contribution in [2.45, 2.75) is 38.9 Å². The summed E-state index contributed by atoms with van der Waals surface area (Å²) in [4.78, 5) is 3.23. The molecule has 1 aromatic heterocycles. The molecule has 1 aromatic rings. The lowest BCUT2D eigenvalue weighted by atomic mass is 9.80. The van der Waals surface area contributed by atoms with Gasteiger partial charge < -0.3 is 14.0 Å². The third-order valence-corrected chi connectivity index (χ3v) is 3.26. The molecular formula is C12H17BFNO3. The summed E-state index contributed by atoms with van der Waals surface area (Å²) in [5.74, 6) is -1.99. The number of nitrogens with zero attached hydrogens (tertiary/aromatic N) is 1. The molecule has 0 unspecified atom stereocenters. The van der Waals surface area contributed by atoms with Gasteiger partial charge in [-0.3, -0.25) is 0 Å². The molecule has 0 bridgehead atoms. The van der Waals surface area contributed by atoms with Crippen LogP contribution >= 0.6 is 0 Å². The number of hydrogen-bond acceptors (Lipinski definition) is 4. The molecule has 1 aliphatic heterocycles. The van der Waals surface area contributed by atoms with E-state index in [2.05, 4.69) is 9.72 Å². The Bertz CT molecular complexity index is 622. The Morgan fingerprint density at radius 1 is 1.33 bits per heavy atom. The number of rotatable bonds is 2. The monoisotopic (exact) mass is 258 g/mol. The molecule has 1 saturated heterocycles. The van der Waals surface area contributed by atoms with Crippen LogP contribution in [-0.4, -0.2) is 30.3 Å². The number of pyridine rings is 1. The smallest absolute Gasteiger partial charge is 0.481 e. The lowest BCUT2D eigenvalue weighted by Crippen LogP contribution is -2.41. The minimum absolute atomic E-state index is 0.254. The van der Waals surface area contributed by atoms with Gasteiger partial charge in [0.25, 0.3) is 0 Å². The van der Waals surface area contributed by atoms with Crippen LogP contribution in [0.5, 0.6) is 5.88 Å². The van der Waals surface area contributed by atoms with Gasteiger partial charge in [-0.05, 0) is 39.2 Å². The summed E-state index contributed by atoms with van der Waals surface area (Å²) in [7, 11) is -4.09. The van der Waals surface area contributed by atoms with E-state index in [1.807, 2.05) is 0 Å². The topological polar surface area (TPSA) is 40.6 Å². The first-order valence-electron chi connectivity index (χ1n) is 7.96. The fraction of sp³-hybridized carbons (Fsp3) is 0.583. The molecule has 1 fully saturated rings. The zero-order chi connectivity index (χ0) is 17.8. The predicted octanol–water partition coefficient (Wildman–Crippen LogP) is 1.53. The van der Waals surface area contributed by atoms with Gasteiger partial charge in [0, 0.05) is 6.04 Å². The van der Waals surface area contributed by atoms with Crippen LogP contribution in [0.1, 0.15) is 34.5 Å². The minimum atomic E-state index is -2.90. The maximum atomic E-state index is 13.9. The van der Waals surface area contributed by atoms with Crippen LogP contribution in [-0.2, 0) is 9.31 Å². The van der Waals surface area contributed by atoms with Gasteiger partial charge in [-0.15, -0.1) is 0 Å². The summed E-state index contributed by atoms with van der Waals surface area (Å²) in [6.07, 6.45) is 0. The zero-order valence-electron chi connectivity index (χ0n) is 15.6. The molecule has 6 heteroatoms. The van der Waals surface area contributed by atoms with Gasteiger partial charge in [0.05, 0.1) is 25.1 Å². The summed E-state index contributed by atoms with van der Waals surface area (Å²) in [5.41, 5.74) is -1.78. The van der Waals surface area contributed by atoms with Gasteiger partial charge in [-0.2, -0.15) is 9.37 Å². The van der Waals surface area contributed by atoms with Crippen molar-refractivity contribution in [3.63, 3.8) is 0 Å². The highest BCUT2D eigenvalue weighted by atomic mass is 19.1. The van der Waals surface area contributed by atoms with Crippen molar-refractivity contribution in [3.8, 4) is 5.88 Å². The van der Waals surface area contributed by atoms with Crippen molar-refractivity contribution in [1.29, 1.82) is 0 Å². The maximum absolute atomic E-state index is 13.9. The summed E-state index contributed by atoms with van der Waals surface area (Å²) in [6.45, 7) is 7.05. The average Bonchev–Trinajstić information content (AvgIpc) is 2.53. The number of ether oxygens (including phenoxy) is 1. The van der Waals surface area contributed by atoms with Crippen LogP contribution < -0.4 is 10.2 Å². The molecule has 0 radical (unpaired) electrons. The van der Waals surface area contributed by atoms with E-state index in [1.54, 1.807) is 27.7 Å². The molecule has 2 rings (SSSR count). The quantitative estimate of drug-likeness (QED) is 0.595. The van der Waals surface area contributed by atoms with E-state index in [0.29, 0.717) is 0 Å². The molecule has 98 valence electrons. The molecule has 0 N–H and O–H groups in total. The van der Waals surface area contributed by atoms with Crippen molar-refractivity contribution in [3.05, 3.63) is 18.0 Å². The van der Waals surface area contributed by atoms with E-state index < -0.39 is 49.3 Å². The van der Waals surface area contributed by atoms with Crippen LogP contribution in [0, 0.1) is 5.95 Å². The molecule has 0 aromatic carbocycles. The second-order valence-corrected chi connectivity index (χ2v) is 5.06. The summed E-state index contributed by atoms with van der Waals surface area (Å²) in [6, 6.07) is -1.24. The molecule has 4 nitrogen and oxygen atoms in total. The van der Waals surface area contributed by atoms with Crippen molar-refractivity contribution in [2.24, 2.45) is 0 Å². The Balaban J connectivity index is 2.51. The fourth-order valence-corrected chi connectivity index (χ4v) is 1.53. The Labute approximate surface area is 114 Å². The molecule has 0 spiro atoms. The van der Waals surface area contributed by atoms with E-state index in [9.17, 15) is 4.39 Å². The minimum Gasteiger partial charge on any atom is -0.481 e. The standard InChI is InChI=1S/C12H17BFNO3/c1-11(2)12(3,4)18-13(17-11)8-6-9(14)15-10(7-8)16-5/h6-7H,1-5H3/i5D3,6D,7D. The van der Waals surface area contributed by atoms with Crippen LogP contribution in [0.3, 0.4) is 0 Å². The maximum Gasteiger partial charge on any atom is 0.495 e. The number of halogens is 1. The Hall–Kier alpha value is -1.14. The Morgan fingerprint density at radius 3 is 2.50 bits per heavy atom. The second-order valence-electron chi connectivity index (χ2n) is 5.06. The van der Waals surface area contributed by atoms with Crippen LogP contribution in [0.2, 0.25) is 0 Å². The van der Waals surface area contributed by atoms with Crippen LogP contribution in [0.15, 0.2) is 12.1 Å². The van der Waals surface area contributed by atoms with Crippen molar-refractivity contribution in [1.82, 2.24) is 4.98 Å². The zero-order valence-corrected chi connectivity index (χ0v) is 10.6. The van der Waals surface area contributed by atoms with E-state index in [-0.39, 0.29) is 5.46 Å².